The molecule has 1 aromatic carbocycles. The molecule has 0 aliphatic carbocycles. The summed E-state index contributed by atoms with van der Waals surface area (Å²) in [5.41, 5.74) is 0.401. The summed E-state index contributed by atoms with van der Waals surface area (Å²) in [5, 5.41) is 5.24. The van der Waals surface area contributed by atoms with Crippen molar-refractivity contribution < 1.29 is 22.4 Å². The summed E-state index contributed by atoms with van der Waals surface area (Å²) in [6.45, 7) is 1.18. The first-order chi connectivity index (χ1) is 13.0. The van der Waals surface area contributed by atoms with E-state index in [0.29, 0.717) is 18.8 Å². The van der Waals surface area contributed by atoms with Gasteiger partial charge in [-0.2, -0.15) is 4.31 Å². The second kappa shape index (κ2) is 8.36. The quantitative estimate of drug-likeness (QED) is 0.748. The Morgan fingerprint density at radius 2 is 1.89 bits per heavy atom. The highest BCUT2D eigenvalue weighted by molar-refractivity contribution is 7.89. The maximum atomic E-state index is 12.6. The maximum Gasteiger partial charge on any atom is 0.286 e. The molecule has 0 radical (unpaired) electrons. The summed E-state index contributed by atoms with van der Waals surface area (Å²) < 4.78 is 31.6. The number of carbonyl (C=O) groups excluding carboxylic acids is 2. The summed E-state index contributed by atoms with van der Waals surface area (Å²) in [7, 11) is -3.54. The molecule has 0 atom stereocenters. The van der Waals surface area contributed by atoms with Gasteiger partial charge >= 0.3 is 0 Å². The van der Waals surface area contributed by atoms with Crippen LogP contribution < -0.4 is 10.6 Å². The number of nitrogens with one attached hydrogen (secondary N) is 2. The molecule has 1 fully saturated rings. The van der Waals surface area contributed by atoms with Crippen molar-refractivity contribution in [2.45, 2.75) is 24.2 Å². The third-order valence-corrected chi connectivity index (χ3v) is 6.10. The fraction of sp³-hybridized carbons (Fsp3) is 0.333. The van der Waals surface area contributed by atoms with E-state index in [9.17, 15) is 18.0 Å². The van der Waals surface area contributed by atoms with Crippen LogP contribution in [0.2, 0.25) is 0 Å². The van der Waals surface area contributed by atoms with Gasteiger partial charge in [-0.1, -0.05) is 6.07 Å². The van der Waals surface area contributed by atoms with Gasteiger partial charge in [0, 0.05) is 31.7 Å². The van der Waals surface area contributed by atoms with E-state index >= 15 is 0 Å². The van der Waals surface area contributed by atoms with Gasteiger partial charge < -0.3 is 15.1 Å². The average molecular weight is 391 g/mol. The zero-order valence-electron chi connectivity index (χ0n) is 14.7. The Kier molecular flexibility index (Phi) is 5.92. The van der Waals surface area contributed by atoms with Gasteiger partial charge in [-0.05, 0) is 43.2 Å². The third kappa shape index (κ3) is 4.75. The van der Waals surface area contributed by atoms with Gasteiger partial charge in [0.05, 0.1) is 11.2 Å². The molecule has 0 saturated carbocycles. The van der Waals surface area contributed by atoms with Crippen molar-refractivity contribution in [2.75, 3.05) is 25.0 Å². The number of benzene rings is 1. The number of anilines is 1. The Bertz CT molecular complexity index is 903. The van der Waals surface area contributed by atoms with E-state index in [1.54, 1.807) is 18.2 Å². The molecule has 2 N–H and O–H groups in total. The molecular formula is C18H21N3O5S. The smallest absolute Gasteiger partial charge is 0.286 e. The van der Waals surface area contributed by atoms with Gasteiger partial charge in [0.1, 0.15) is 0 Å². The number of hydrogen-bond acceptors (Lipinski definition) is 5. The molecular weight excluding hydrogens is 370 g/mol. The van der Waals surface area contributed by atoms with E-state index in [4.69, 9.17) is 4.42 Å². The van der Waals surface area contributed by atoms with E-state index in [1.807, 2.05) is 0 Å². The Labute approximate surface area is 157 Å². The Balaban J connectivity index is 1.54. The van der Waals surface area contributed by atoms with Crippen molar-refractivity contribution >= 4 is 27.5 Å². The van der Waals surface area contributed by atoms with Crippen LogP contribution in [-0.2, 0) is 14.8 Å². The largest absolute Gasteiger partial charge is 0.459 e. The fourth-order valence-corrected chi connectivity index (χ4v) is 4.38. The SMILES string of the molecule is O=C(CCNC(=O)c1ccco1)Nc1cccc(S(=O)(=O)N2CCCC2)c1. The minimum absolute atomic E-state index is 0.0511. The molecule has 144 valence electrons. The normalized spacial score (nSPS) is 14.8. The maximum absolute atomic E-state index is 12.6. The van der Waals surface area contributed by atoms with Crippen molar-refractivity contribution in [1.29, 1.82) is 0 Å². The molecule has 0 spiro atoms. The fourth-order valence-electron chi connectivity index (χ4n) is 2.82. The summed E-state index contributed by atoms with van der Waals surface area (Å²) in [5.74, 6) is -0.549. The second-order valence-electron chi connectivity index (χ2n) is 6.17. The summed E-state index contributed by atoms with van der Waals surface area (Å²) in [4.78, 5) is 23.9. The Morgan fingerprint density at radius 1 is 1.11 bits per heavy atom. The first-order valence-electron chi connectivity index (χ1n) is 8.68. The van der Waals surface area contributed by atoms with Crippen LogP contribution in [0.3, 0.4) is 0 Å². The highest BCUT2D eigenvalue weighted by atomic mass is 32.2. The van der Waals surface area contributed by atoms with Crippen molar-refractivity contribution in [3.05, 3.63) is 48.4 Å². The van der Waals surface area contributed by atoms with Crippen molar-refractivity contribution in [3.63, 3.8) is 0 Å². The van der Waals surface area contributed by atoms with Crippen LogP contribution in [0.25, 0.3) is 0 Å². The lowest BCUT2D eigenvalue weighted by Gasteiger charge is -2.16. The highest BCUT2D eigenvalue weighted by Gasteiger charge is 2.27. The number of carbonyl (C=O) groups is 2. The van der Waals surface area contributed by atoms with E-state index < -0.39 is 15.9 Å². The molecule has 0 unspecified atom stereocenters. The van der Waals surface area contributed by atoms with Crippen LogP contribution in [0.1, 0.15) is 29.8 Å². The topological polar surface area (TPSA) is 109 Å². The monoisotopic (exact) mass is 391 g/mol. The van der Waals surface area contributed by atoms with E-state index in [2.05, 4.69) is 10.6 Å². The molecule has 0 bridgehead atoms. The van der Waals surface area contributed by atoms with Crippen LogP contribution in [0.4, 0.5) is 5.69 Å². The van der Waals surface area contributed by atoms with Crippen LogP contribution in [-0.4, -0.2) is 44.2 Å². The minimum Gasteiger partial charge on any atom is -0.459 e. The zero-order chi connectivity index (χ0) is 19.3. The number of amides is 2. The van der Waals surface area contributed by atoms with Crippen molar-refractivity contribution in [1.82, 2.24) is 9.62 Å². The van der Waals surface area contributed by atoms with Crippen LogP contribution in [0.15, 0.2) is 52.0 Å². The van der Waals surface area contributed by atoms with Gasteiger partial charge in [-0.15, -0.1) is 0 Å². The molecule has 2 amide bonds. The molecule has 1 aromatic heterocycles. The van der Waals surface area contributed by atoms with Crippen molar-refractivity contribution in [2.24, 2.45) is 0 Å². The number of rotatable bonds is 7. The van der Waals surface area contributed by atoms with Gasteiger partial charge in [0.25, 0.3) is 5.91 Å². The number of sulfonamides is 1. The Hall–Kier alpha value is -2.65. The van der Waals surface area contributed by atoms with Crippen LogP contribution in [0.5, 0.6) is 0 Å². The van der Waals surface area contributed by atoms with E-state index in [1.165, 1.54) is 28.8 Å². The van der Waals surface area contributed by atoms with Crippen LogP contribution in [0, 0.1) is 0 Å². The summed E-state index contributed by atoms with van der Waals surface area (Å²) >= 11 is 0. The van der Waals surface area contributed by atoms with Crippen LogP contribution >= 0.6 is 0 Å². The summed E-state index contributed by atoms with van der Waals surface area (Å²) in [6, 6.07) is 9.33. The molecule has 1 aliphatic rings. The number of furan rings is 1. The first-order valence-corrected chi connectivity index (χ1v) is 10.1. The lowest BCUT2D eigenvalue weighted by Crippen LogP contribution is -2.28. The average Bonchev–Trinajstić information content (AvgIpc) is 3.36. The minimum atomic E-state index is -3.54. The highest BCUT2D eigenvalue weighted by Crippen LogP contribution is 2.23. The molecule has 2 aromatic rings. The number of nitrogens with zero attached hydrogens (tertiary/aromatic N) is 1. The lowest BCUT2D eigenvalue weighted by atomic mass is 10.3. The van der Waals surface area contributed by atoms with Crippen molar-refractivity contribution in [3.8, 4) is 0 Å². The lowest BCUT2D eigenvalue weighted by molar-refractivity contribution is -0.116. The van der Waals surface area contributed by atoms with Gasteiger partial charge in [0.15, 0.2) is 5.76 Å². The number of hydrogen-bond donors (Lipinski definition) is 2. The van der Waals surface area contributed by atoms with E-state index in [0.717, 1.165) is 12.8 Å². The van der Waals surface area contributed by atoms with E-state index in [-0.39, 0.29) is 29.5 Å². The third-order valence-electron chi connectivity index (χ3n) is 4.20. The van der Waals surface area contributed by atoms with Gasteiger partial charge in [0.2, 0.25) is 15.9 Å². The zero-order valence-corrected chi connectivity index (χ0v) is 15.5. The Morgan fingerprint density at radius 3 is 2.59 bits per heavy atom. The van der Waals surface area contributed by atoms with Gasteiger partial charge in [-0.25, -0.2) is 8.42 Å². The standard InChI is InChI=1S/C18H21N3O5S/c22-17(8-9-19-18(23)16-7-4-12-26-16)20-14-5-3-6-15(13-14)27(24,25)21-10-1-2-11-21/h3-7,12-13H,1-2,8-11H2,(H,19,23)(H,20,22). The predicted octanol–water partition coefficient (Wildman–Crippen LogP) is 1.82. The first kappa shape index (κ1) is 19.1. The van der Waals surface area contributed by atoms with Gasteiger partial charge in [-0.3, -0.25) is 9.59 Å². The molecule has 1 saturated heterocycles. The second-order valence-corrected chi connectivity index (χ2v) is 8.11. The molecule has 1 aliphatic heterocycles. The molecule has 2 heterocycles. The molecule has 9 heteroatoms. The molecule has 3 rings (SSSR count). The summed E-state index contributed by atoms with van der Waals surface area (Å²) in [6.07, 6.45) is 3.17. The predicted molar refractivity (Wildman–Crippen MR) is 98.7 cm³/mol. The molecule has 27 heavy (non-hydrogen) atoms. The molecule has 8 nitrogen and oxygen atoms in total.